The first-order chi connectivity index (χ1) is 20.1. The molecule has 3 amide bonds. The van der Waals surface area contributed by atoms with Crippen molar-refractivity contribution in [3.63, 3.8) is 0 Å². The van der Waals surface area contributed by atoms with Crippen molar-refractivity contribution >= 4 is 64.0 Å². The average Bonchev–Trinajstić information content (AvgIpc) is 3.64. The topological polar surface area (TPSA) is 172 Å². The number of aromatic nitrogens is 3. The van der Waals surface area contributed by atoms with Gasteiger partial charge in [0.1, 0.15) is 11.4 Å². The highest BCUT2D eigenvalue weighted by Crippen LogP contribution is 2.33. The molecule has 0 saturated heterocycles. The van der Waals surface area contributed by atoms with Gasteiger partial charge in [-0.1, -0.05) is 0 Å². The standard InChI is InChI=1S/C27H33Cl2N9O4/c1-36-14-17(13-19(36)25(39)32-8-5-22(30)31)33-27(41)24-34-23(15-37(24)2)35-26(40)21-12-16-11-18(3-4-20(16)42-21)38(9-6-28)10-7-29/h3-4,11,13-15,21H,5-10,12H2,1-2H3,(H3,30,31)(H,32,39)(H,33,41)(H,35,40). The van der Waals surface area contributed by atoms with Crippen molar-refractivity contribution in [2.45, 2.75) is 18.9 Å². The molecular formula is C27H33Cl2N9O4. The summed E-state index contributed by atoms with van der Waals surface area (Å²) in [7, 11) is 3.30. The molecule has 0 bridgehead atoms. The number of rotatable bonds is 13. The number of halogens is 2. The van der Waals surface area contributed by atoms with E-state index in [4.69, 9.17) is 39.1 Å². The molecule has 0 spiro atoms. The summed E-state index contributed by atoms with van der Waals surface area (Å²) < 4.78 is 8.94. The minimum atomic E-state index is -0.756. The minimum Gasteiger partial charge on any atom is -0.480 e. The number of hydrogen-bond acceptors (Lipinski definition) is 7. The highest BCUT2D eigenvalue weighted by Gasteiger charge is 2.30. The van der Waals surface area contributed by atoms with Gasteiger partial charge in [0, 0.05) is 82.0 Å². The molecule has 6 N–H and O–H groups in total. The Kier molecular flexibility index (Phi) is 9.96. The highest BCUT2D eigenvalue weighted by atomic mass is 35.5. The molecule has 0 fully saturated rings. The zero-order valence-electron chi connectivity index (χ0n) is 23.2. The second-order valence-corrected chi connectivity index (χ2v) is 10.5. The number of carbonyl (C=O) groups is 3. The van der Waals surface area contributed by atoms with Gasteiger partial charge in [0.15, 0.2) is 11.9 Å². The summed E-state index contributed by atoms with van der Waals surface area (Å²) in [5.41, 5.74) is 7.88. The lowest BCUT2D eigenvalue weighted by Crippen LogP contribution is -2.31. The fourth-order valence-electron chi connectivity index (χ4n) is 4.54. The molecule has 2 aromatic heterocycles. The molecule has 13 nitrogen and oxygen atoms in total. The lowest BCUT2D eigenvalue weighted by molar-refractivity contribution is -0.122. The summed E-state index contributed by atoms with van der Waals surface area (Å²) in [6, 6.07) is 7.26. The number of nitrogens with two attached hydrogens (primary N) is 1. The Morgan fingerprint density at radius 2 is 1.83 bits per heavy atom. The first-order valence-corrected chi connectivity index (χ1v) is 14.3. The first-order valence-electron chi connectivity index (χ1n) is 13.2. The van der Waals surface area contributed by atoms with Crippen LogP contribution in [0.25, 0.3) is 0 Å². The van der Waals surface area contributed by atoms with Gasteiger partial charge < -0.3 is 40.5 Å². The molecule has 3 heterocycles. The van der Waals surface area contributed by atoms with Crippen molar-refractivity contribution in [2.24, 2.45) is 19.8 Å². The van der Waals surface area contributed by atoms with Crippen LogP contribution < -0.4 is 31.3 Å². The van der Waals surface area contributed by atoms with Crippen molar-refractivity contribution in [3.8, 4) is 5.75 Å². The Labute approximate surface area is 252 Å². The van der Waals surface area contributed by atoms with E-state index in [9.17, 15) is 14.4 Å². The van der Waals surface area contributed by atoms with Crippen LogP contribution in [0, 0.1) is 5.41 Å². The van der Waals surface area contributed by atoms with Crippen LogP contribution in [-0.4, -0.2) is 75.2 Å². The Balaban J connectivity index is 1.36. The van der Waals surface area contributed by atoms with Gasteiger partial charge in [-0.3, -0.25) is 19.8 Å². The average molecular weight is 619 g/mol. The van der Waals surface area contributed by atoms with Crippen LogP contribution in [0.4, 0.5) is 17.2 Å². The number of carbonyl (C=O) groups excluding carboxylic acids is 3. The number of benzene rings is 1. The van der Waals surface area contributed by atoms with Crippen LogP contribution >= 0.6 is 23.2 Å². The number of ether oxygens (including phenoxy) is 1. The Hall–Kier alpha value is -4.23. The molecule has 4 rings (SSSR count). The maximum absolute atomic E-state index is 13.0. The highest BCUT2D eigenvalue weighted by molar-refractivity contribution is 6.18. The molecule has 1 atom stereocenters. The summed E-state index contributed by atoms with van der Waals surface area (Å²) in [6.07, 6.45) is 2.98. The lowest BCUT2D eigenvalue weighted by Gasteiger charge is -2.23. The molecule has 3 aromatic rings. The summed E-state index contributed by atoms with van der Waals surface area (Å²) >= 11 is 11.9. The van der Waals surface area contributed by atoms with Gasteiger partial charge in [-0.15, -0.1) is 23.2 Å². The zero-order valence-corrected chi connectivity index (χ0v) is 24.8. The van der Waals surface area contributed by atoms with E-state index < -0.39 is 12.0 Å². The van der Waals surface area contributed by atoms with Gasteiger partial charge in [-0.2, -0.15) is 0 Å². The summed E-state index contributed by atoms with van der Waals surface area (Å²) in [5, 5.41) is 15.4. The maximum atomic E-state index is 13.0. The van der Waals surface area contributed by atoms with E-state index in [1.165, 1.54) is 16.8 Å². The van der Waals surface area contributed by atoms with Crippen molar-refractivity contribution in [1.82, 2.24) is 19.4 Å². The fraction of sp³-hybridized carbons (Fsp3) is 0.370. The van der Waals surface area contributed by atoms with Crippen molar-refractivity contribution < 1.29 is 19.1 Å². The van der Waals surface area contributed by atoms with E-state index in [0.29, 0.717) is 48.4 Å². The van der Waals surface area contributed by atoms with Gasteiger partial charge in [-0.25, -0.2) is 4.98 Å². The van der Waals surface area contributed by atoms with Crippen LogP contribution in [0.3, 0.4) is 0 Å². The molecule has 1 aromatic carbocycles. The number of amidine groups is 1. The smallest absolute Gasteiger partial charge is 0.291 e. The third-order valence-corrected chi connectivity index (χ3v) is 6.93. The van der Waals surface area contributed by atoms with Gasteiger partial charge in [0.2, 0.25) is 5.82 Å². The summed E-state index contributed by atoms with van der Waals surface area (Å²) in [5.74, 6) is 0.510. The van der Waals surface area contributed by atoms with Gasteiger partial charge in [0.05, 0.1) is 11.5 Å². The van der Waals surface area contributed by atoms with E-state index in [-0.39, 0.29) is 42.3 Å². The lowest BCUT2D eigenvalue weighted by atomic mass is 10.1. The van der Waals surface area contributed by atoms with E-state index in [0.717, 1.165) is 11.3 Å². The third-order valence-electron chi connectivity index (χ3n) is 6.59. The van der Waals surface area contributed by atoms with E-state index >= 15 is 0 Å². The number of alkyl halides is 2. The van der Waals surface area contributed by atoms with Crippen molar-refractivity contribution in [3.05, 3.63) is 53.7 Å². The van der Waals surface area contributed by atoms with Gasteiger partial charge in [0.25, 0.3) is 17.7 Å². The predicted octanol–water partition coefficient (Wildman–Crippen LogP) is 2.29. The SMILES string of the molecule is Cn1cc(NC(=O)c2nc(NC(=O)C3Cc4cc(N(CCCl)CCCl)ccc4O3)cn2C)cc1C(=O)NCCC(=N)N. The summed E-state index contributed by atoms with van der Waals surface area (Å²) in [6.45, 7) is 1.52. The monoisotopic (exact) mass is 617 g/mol. The van der Waals surface area contributed by atoms with Crippen LogP contribution in [0.2, 0.25) is 0 Å². The molecule has 0 saturated carbocycles. The Bertz CT molecular complexity index is 1480. The molecule has 0 aliphatic carbocycles. The number of anilines is 3. The Morgan fingerprint density at radius 1 is 1.10 bits per heavy atom. The molecule has 42 heavy (non-hydrogen) atoms. The molecule has 1 unspecified atom stereocenters. The molecular weight excluding hydrogens is 585 g/mol. The summed E-state index contributed by atoms with van der Waals surface area (Å²) in [4.78, 5) is 44.8. The molecule has 224 valence electrons. The number of hydrogen-bond donors (Lipinski definition) is 5. The minimum absolute atomic E-state index is 0.0241. The molecule has 15 heteroatoms. The second kappa shape index (κ2) is 13.6. The molecule has 1 aliphatic heterocycles. The number of aryl methyl sites for hydroxylation is 2. The number of amides is 3. The van der Waals surface area contributed by atoms with Crippen molar-refractivity contribution in [1.29, 1.82) is 5.41 Å². The quantitative estimate of drug-likeness (QED) is 0.111. The molecule has 0 radical (unpaired) electrons. The third kappa shape index (κ3) is 7.34. The number of imidazole rings is 1. The number of fused-ring (bicyclic) bond motifs is 1. The van der Waals surface area contributed by atoms with Crippen LogP contribution in [0.1, 0.15) is 33.1 Å². The van der Waals surface area contributed by atoms with E-state index in [1.54, 1.807) is 24.9 Å². The largest absolute Gasteiger partial charge is 0.480 e. The van der Waals surface area contributed by atoms with Gasteiger partial charge >= 0.3 is 0 Å². The Morgan fingerprint density at radius 3 is 2.52 bits per heavy atom. The van der Waals surface area contributed by atoms with E-state index in [1.807, 2.05) is 18.2 Å². The van der Waals surface area contributed by atoms with Crippen molar-refractivity contribution in [2.75, 3.05) is 46.9 Å². The second-order valence-electron chi connectivity index (χ2n) is 9.73. The normalized spacial score (nSPS) is 13.7. The molecule has 1 aliphatic rings. The number of nitrogens with one attached hydrogen (secondary N) is 4. The van der Waals surface area contributed by atoms with Gasteiger partial charge in [-0.05, 0) is 24.3 Å². The van der Waals surface area contributed by atoms with Crippen LogP contribution in [0.15, 0.2) is 36.7 Å². The van der Waals surface area contributed by atoms with E-state index in [2.05, 4.69) is 25.8 Å². The number of nitrogens with zero attached hydrogens (tertiary/aromatic N) is 4. The fourth-order valence-corrected chi connectivity index (χ4v) is 4.95. The maximum Gasteiger partial charge on any atom is 0.291 e. The van der Waals surface area contributed by atoms with Crippen LogP contribution in [0.5, 0.6) is 5.75 Å². The van der Waals surface area contributed by atoms with Crippen LogP contribution in [-0.2, 0) is 25.3 Å². The first kappa shape index (κ1) is 30.7. The predicted molar refractivity (Wildman–Crippen MR) is 162 cm³/mol. The zero-order chi connectivity index (χ0) is 30.4.